The van der Waals surface area contributed by atoms with Crippen LogP contribution in [-0.4, -0.2) is 12.7 Å². The van der Waals surface area contributed by atoms with Crippen molar-refractivity contribution in [2.45, 2.75) is 38.4 Å². The monoisotopic (exact) mass is 323 g/mol. The summed E-state index contributed by atoms with van der Waals surface area (Å²) in [5.41, 5.74) is 1.03. The molecule has 0 saturated heterocycles. The molecule has 0 spiro atoms. The third-order valence-electron chi connectivity index (χ3n) is 2.68. The predicted octanol–water partition coefficient (Wildman–Crippen LogP) is 4.83. The largest absolute Gasteiger partial charge is 0.389 e. The van der Waals surface area contributed by atoms with Crippen LogP contribution in [0.4, 0.5) is 13.2 Å². The molecule has 5 heteroatoms. The first kappa shape index (κ1) is 15.5. The van der Waals surface area contributed by atoms with Gasteiger partial charge in [0.1, 0.15) is 0 Å². The highest BCUT2D eigenvalue weighted by atomic mass is 79.9. The molecule has 18 heavy (non-hydrogen) atoms. The van der Waals surface area contributed by atoms with Gasteiger partial charge < -0.3 is 5.32 Å². The number of hydrogen-bond acceptors (Lipinski definition) is 1. The SMILES string of the molecule is CCNC(CCCC(F)(F)F)c1ccc(Br)cc1. The zero-order chi connectivity index (χ0) is 13.6. The Bertz CT molecular complexity index is 348. The molecule has 1 aromatic carbocycles. The summed E-state index contributed by atoms with van der Waals surface area (Å²) in [4.78, 5) is 0. The van der Waals surface area contributed by atoms with Crippen molar-refractivity contribution in [1.82, 2.24) is 5.32 Å². The molecular weight excluding hydrogens is 307 g/mol. The Labute approximate surface area is 114 Å². The summed E-state index contributed by atoms with van der Waals surface area (Å²) in [6, 6.07) is 7.67. The summed E-state index contributed by atoms with van der Waals surface area (Å²) in [6.07, 6.45) is -4.13. The van der Waals surface area contributed by atoms with E-state index in [0.29, 0.717) is 6.42 Å². The minimum Gasteiger partial charge on any atom is -0.310 e. The van der Waals surface area contributed by atoms with Crippen molar-refractivity contribution >= 4 is 15.9 Å². The normalized spacial score (nSPS) is 13.6. The van der Waals surface area contributed by atoms with Crippen LogP contribution >= 0.6 is 15.9 Å². The van der Waals surface area contributed by atoms with Crippen molar-refractivity contribution < 1.29 is 13.2 Å². The molecule has 0 amide bonds. The van der Waals surface area contributed by atoms with Crippen molar-refractivity contribution in [1.29, 1.82) is 0 Å². The smallest absolute Gasteiger partial charge is 0.310 e. The van der Waals surface area contributed by atoms with Crippen molar-refractivity contribution in [3.8, 4) is 0 Å². The van der Waals surface area contributed by atoms with Gasteiger partial charge in [-0.3, -0.25) is 0 Å². The van der Waals surface area contributed by atoms with Gasteiger partial charge in [0.05, 0.1) is 0 Å². The third kappa shape index (κ3) is 5.87. The van der Waals surface area contributed by atoms with Gasteiger partial charge in [0.15, 0.2) is 0 Å². The van der Waals surface area contributed by atoms with Crippen LogP contribution in [0.5, 0.6) is 0 Å². The zero-order valence-electron chi connectivity index (χ0n) is 10.2. The summed E-state index contributed by atoms with van der Waals surface area (Å²) in [5, 5.41) is 3.22. The highest BCUT2D eigenvalue weighted by Crippen LogP contribution is 2.26. The van der Waals surface area contributed by atoms with Crippen molar-refractivity contribution in [3.63, 3.8) is 0 Å². The van der Waals surface area contributed by atoms with Gasteiger partial charge in [0, 0.05) is 16.9 Å². The van der Waals surface area contributed by atoms with E-state index in [4.69, 9.17) is 0 Å². The van der Waals surface area contributed by atoms with E-state index < -0.39 is 12.6 Å². The van der Waals surface area contributed by atoms with Crippen LogP contribution in [0.3, 0.4) is 0 Å². The average Bonchev–Trinajstić information content (AvgIpc) is 2.27. The Morgan fingerprint density at radius 3 is 2.33 bits per heavy atom. The molecule has 0 heterocycles. The Balaban J connectivity index is 2.57. The van der Waals surface area contributed by atoms with Gasteiger partial charge in [0.2, 0.25) is 0 Å². The van der Waals surface area contributed by atoms with Gasteiger partial charge >= 0.3 is 6.18 Å². The fraction of sp³-hybridized carbons (Fsp3) is 0.538. The highest BCUT2D eigenvalue weighted by Gasteiger charge is 2.26. The predicted molar refractivity (Wildman–Crippen MR) is 70.5 cm³/mol. The van der Waals surface area contributed by atoms with E-state index in [2.05, 4.69) is 21.2 Å². The topological polar surface area (TPSA) is 12.0 Å². The molecule has 0 aromatic heterocycles. The Kier molecular flexibility index (Phi) is 6.15. The Hall–Kier alpha value is -0.550. The molecule has 1 aromatic rings. The lowest BCUT2D eigenvalue weighted by atomic mass is 10.0. The number of alkyl halides is 3. The lowest BCUT2D eigenvalue weighted by Gasteiger charge is -2.19. The molecule has 1 rings (SSSR count). The van der Waals surface area contributed by atoms with Gasteiger partial charge in [-0.05, 0) is 37.1 Å². The van der Waals surface area contributed by atoms with E-state index in [-0.39, 0.29) is 12.5 Å². The standard InChI is InChI=1S/C13H17BrF3N/c1-2-18-12(4-3-9-13(15,16)17)10-5-7-11(14)8-6-10/h5-8,12,18H,2-4,9H2,1H3. The molecule has 0 radical (unpaired) electrons. The summed E-state index contributed by atoms with van der Waals surface area (Å²) < 4.78 is 37.3. The fourth-order valence-electron chi connectivity index (χ4n) is 1.83. The molecular formula is C13H17BrF3N. The molecule has 0 aliphatic rings. The third-order valence-corrected chi connectivity index (χ3v) is 3.20. The van der Waals surface area contributed by atoms with E-state index in [9.17, 15) is 13.2 Å². The van der Waals surface area contributed by atoms with E-state index in [0.717, 1.165) is 16.6 Å². The minimum absolute atomic E-state index is 0.00884. The summed E-state index contributed by atoms with van der Waals surface area (Å²) in [5.74, 6) is 0. The van der Waals surface area contributed by atoms with E-state index in [1.54, 1.807) is 0 Å². The molecule has 0 fully saturated rings. The first-order chi connectivity index (χ1) is 8.42. The Morgan fingerprint density at radius 2 is 1.83 bits per heavy atom. The summed E-state index contributed by atoms with van der Waals surface area (Å²) >= 11 is 3.34. The van der Waals surface area contributed by atoms with Crippen LogP contribution in [0.1, 0.15) is 37.8 Å². The second-order valence-corrected chi connectivity index (χ2v) is 5.08. The summed E-state index contributed by atoms with van der Waals surface area (Å²) in [7, 11) is 0. The lowest BCUT2D eigenvalue weighted by Crippen LogP contribution is -2.21. The average molecular weight is 324 g/mol. The van der Waals surface area contributed by atoms with E-state index in [1.165, 1.54) is 0 Å². The fourth-order valence-corrected chi connectivity index (χ4v) is 2.10. The first-order valence-electron chi connectivity index (χ1n) is 5.98. The van der Waals surface area contributed by atoms with Gasteiger partial charge in [0.25, 0.3) is 0 Å². The van der Waals surface area contributed by atoms with Crippen LogP contribution in [0.2, 0.25) is 0 Å². The number of benzene rings is 1. The number of hydrogen-bond donors (Lipinski definition) is 1. The van der Waals surface area contributed by atoms with Crippen LogP contribution in [0, 0.1) is 0 Å². The molecule has 1 atom stereocenters. The maximum Gasteiger partial charge on any atom is 0.389 e. The van der Waals surface area contributed by atoms with Gasteiger partial charge in [-0.1, -0.05) is 35.0 Å². The quantitative estimate of drug-likeness (QED) is 0.790. The molecule has 0 bridgehead atoms. The second kappa shape index (κ2) is 7.14. The van der Waals surface area contributed by atoms with Gasteiger partial charge in [-0.15, -0.1) is 0 Å². The molecule has 1 nitrogen and oxygen atoms in total. The van der Waals surface area contributed by atoms with Crippen molar-refractivity contribution in [2.75, 3.05) is 6.54 Å². The van der Waals surface area contributed by atoms with E-state index >= 15 is 0 Å². The van der Waals surface area contributed by atoms with Gasteiger partial charge in [-0.2, -0.15) is 13.2 Å². The second-order valence-electron chi connectivity index (χ2n) is 4.17. The van der Waals surface area contributed by atoms with Crippen LogP contribution in [0.15, 0.2) is 28.7 Å². The minimum atomic E-state index is -4.06. The maximum absolute atomic E-state index is 12.1. The molecule has 0 aliphatic heterocycles. The molecule has 102 valence electrons. The Morgan fingerprint density at radius 1 is 1.22 bits per heavy atom. The highest BCUT2D eigenvalue weighted by molar-refractivity contribution is 9.10. The van der Waals surface area contributed by atoms with Crippen LogP contribution in [0.25, 0.3) is 0 Å². The molecule has 0 aliphatic carbocycles. The molecule has 1 N–H and O–H groups in total. The summed E-state index contributed by atoms with van der Waals surface area (Å²) in [6.45, 7) is 2.70. The maximum atomic E-state index is 12.1. The number of halogens is 4. The van der Waals surface area contributed by atoms with Crippen LogP contribution < -0.4 is 5.32 Å². The number of rotatable bonds is 6. The van der Waals surface area contributed by atoms with Crippen molar-refractivity contribution in [3.05, 3.63) is 34.3 Å². The van der Waals surface area contributed by atoms with Crippen LogP contribution in [-0.2, 0) is 0 Å². The first-order valence-corrected chi connectivity index (χ1v) is 6.77. The molecule has 1 unspecified atom stereocenters. The zero-order valence-corrected chi connectivity index (χ0v) is 11.8. The van der Waals surface area contributed by atoms with E-state index in [1.807, 2.05) is 31.2 Å². The van der Waals surface area contributed by atoms with Gasteiger partial charge in [-0.25, -0.2) is 0 Å². The number of nitrogens with one attached hydrogen (secondary N) is 1. The van der Waals surface area contributed by atoms with Crippen molar-refractivity contribution in [2.24, 2.45) is 0 Å². The molecule has 0 saturated carbocycles. The lowest BCUT2D eigenvalue weighted by molar-refractivity contribution is -0.135.